The van der Waals surface area contributed by atoms with E-state index in [2.05, 4.69) is 25.6 Å². The number of nitrogens with one attached hydrogen (secondary N) is 3. The third-order valence-corrected chi connectivity index (χ3v) is 7.52. The first-order chi connectivity index (χ1) is 19.0. The second-order valence-electron chi connectivity index (χ2n) is 10.7. The molecule has 40 heavy (non-hydrogen) atoms. The number of aryl methyl sites for hydroxylation is 1. The van der Waals surface area contributed by atoms with Gasteiger partial charge in [-0.1, -0.05) is 0 Å². The fraction of sp³-hybridized carbons (Fsp3) is 0.500. The molecular formula is C28H32F3N5O4. The van der Waals surface area contributed by atoms with Crippen molar-refractivity contribution in [1.29, 1.82) is 0 Å². The molecule has 3 aromatic rings. The number of alkyl halides is 3. The highest BCUT2D eigenvalue weighted by molar-refractivity contribution is 6.09. The Morgan fingerprint density at radius 2 is 1.77 bits per heavy atom. The number of hydrogen-bond acceptors (Lipinski definition) is 6. The van der Waals surface area contributed by atoms with E-state index in [9.17, 15) is 27.9 Å². The van der Waals surface area contributed by atoms with Crippen LogP contribution < -0.4 is 15.4 Å². The van der Waals surface area contributed by atoms with Crippen molar-refractivity contribution in [1.82, 2.24) is 25.6 Å². The Balaban J connectivity index is 1.39. The maximum atomic E-state index is 13.6. The average molecular weight is 560 g/mol. The van der Waals surface area contributed by atoms with Crippen molar-refractivity contribution < 1.29 is 32.6 Å². The summed E-state index contributed by atoms with van der Waals surface area (Å²) in [6.45, 7) is 3.53. The van der Waals surface area contributed by atoms with E-state index in [0.717, 1.165) is 25.0 Å². The lowest BCUT2D eigenvalue weighted by Crippen LogP contribution is -2.46. The van der Waals surface area contributed by atoms with Gasteiger partial charge < -0.3 is 25.5 Å². The minimum Gasteiger partial charge on any atom is -0.493 e. The smallest absolute Gasteiger partial charge is 0.416 e. The number of rotatable bonds is 8. The van der Waals surface area contributed by atoms with Crippen LogP contribution in [0, 0.1) is 12.8 Å². The first kappa shape index (κ1) is 27.9. The van der Waals surface area contributed by atoms with Crippen molar-refractivity contribution in [3.05, 3.63) is 41.3 Å². The number of fused-ring (bicyclic) bond motifs is 1. The lowest BCUT2D eigenvalue weighted by atomic mass is 9.90. The number of aromatic nitrogens is 3. The number of aliphatic hydroxyl groups is 1. The summed E-state index contributed by atoms with van der Waals surface area (Å²) < 4.78 is 46.7. The number of carbonyl (C=O) groups is 2. The number of nitrogens with zero attached hydrogens (tertiary/aromatic N) is 2. The summed E-state index contributed by atoms with van der Waals surface area (Å²) in [5, 5.41) is 15.3. The summed E-state index contributed by atoms with van der Waals surface area (Å²) >= 11 is 0. The molecule has 0 aliphatic heterocycles. The Morgan fingerprint density at radius 3 is 2.40 bits per heavy atom. The summed E-state index contributed by atoms with van der Waals surface area (Å²) in [7, 11) is 0. The van der Waals surface area contributed by atoms with Gasteiger partial charge >= 0.3 is 6.18 Å². The number of aliphatic hydroxyl groups excluding tert-OH is 1. The van der Waals surface area contributed by atoms with E-state index in [-0.39, 0.29) is 35.0 Å². The number of H-pyrrole nitrogens is 1. The molecule has 2 heterocycles. The van der Waals surface area contributed by atoms with E-state index in [1.54, 1.807) is 6.92 Å². The normalized spacial score (nSPS) is 20.2. The SMILES string of the molecule is Cc1[nH]c2c(-c3cc(C(F)(F)F)ccc3OCC3CC3)ncnc2c1C(=O)NC1CCC(NC(=O)[C@H](C)O)CC1. The first-order valence-electron chi connectivity index (χ1n) is 13.5. The van der Waals surface area contributed by atoms with Crippen LogP contribution in [0.4, 0.5) is 13.2 Å². The fourth-order valence-corrected chi connectivity index (χ4v) is 5.07. The van der Waals surface area contributed by atoms with Crippen molar-refractivity contribution in [2.45, 2.75) is 76.7 Å². The molecule has 0 radical (unpaired) electrons. The van der Waals surface area contributed by atoms with Crippen molar-refractivity contribution in [2.75, 3.05) is 6.61 Å². The lowest BCUT2D eigenvalue weighted by Gasteiger charge is -2.30. The Morgan fingerprint density at radius 1 is 1.10 bits per heavy atom. The van der Waals surface area contributed by atoms with Crippen LogP contribution in [0.25, 0.3) is 22.3 Å². The van der Waals surface area contributed by atoms with Crippen LogP contribution in [0.3, 0.4) is 0 Å². The van der Waals surface area contributed by atoms with Gasteiger partial charge in [-0.25, -0.2) is 9.97 Å². The van der Waals surface area contributed by atoms with Crippen LogP contribution in [0.5, 0.6) is 5.75 Å². The zero-order valence-electron chi connectivity index (χ0n) is 22.3. The van der Waals surface area contributed by atoms with Gasteiger partial charge in [0.05, 0.1) is 23.3 Å². The monoisotopic (exact) mass is 559 g/mol. The molecule has 4 N–H and O–H groups in total. The average Bonchev–Trinajstić information content (AvgIpc) is 3.67. The Kier molecular flexibility index (Phi) is 7.72. The van der Waals surface area contributed by atoms with Crippen LogP contribution in [-0.2, 0) is 11.0 Å². The van der Waals surface area contributed by atoms with E-state index in [1.807, 2.05) is 0 Å². The van der Waals surface area contributed by atoms with E-state index < -0.39 is 23.8 Å². The summed E-state index contributed by atoms with van der Waals surface area (Å²) in [5.41, 5.74) is 1.05. The second-order valence-corrected chi connectivity index (χ2v) is 10.7. The van der Waals surface area contributed by atoms with Gasteiger partial charge in [-0.2, -0.15) is 13.2 Å². The number of halogens is 3. The number of aromatic amines is 1. The van der Waals surface area contributed by atoms with E-state index >= 15 is 0 Å². The Labute approximate surface area is 228 Å². The quantitative estimate of drug-likeness (QED) is 0.326. The highest BCUT2D eigenvalue weighted by Gasteiger charge is 2.33. The second kappa shape index (κ2) is 11.1. The van der Waals surface area contributed by atoms with E-state index in [4.69, 9.17) is 4.74 Å². The number of amides is 2. The zero-order chi connectivity index (χ0) is 28.6. The maximum absolute atomic E-state index is 13.6. The van der Waals surface area contributed by atoms with Gasteiger partial charge in [-0.15, -0.1) is 0 Å². The molecule has 0 unspecified atom stereocenters. The maximum Gasteiger partial charge on any atom is 0.416 e. The predicted octanol–water partition coefficient (Wildman–Crippen LogP) is 4.28. The third-order valence-electron chi connectivity index (χ3n) is 7.52. The van der Waals surface area contributed by atoms with Crippen molar-refractivity contribution in [3.63, 3.8) is 0 Å². The molecule has 1 aromatic carbocycles. The first-order valence-corrected chi connectivity index (χ1v) is 13.5. The van der Waals surface area contributed by atoms with Crippen LogP contribution in [-0.4, -0.2) is 56.7 Å². The summed E-state index contributed by atoms with van der Waals surface area (Å²) in [4.78, 5) is 36.9. The molecule has 0 spiro atoms. The topological polar surface area (TPSA) is 129 Å². The lowest BCUT2D eigenvalue weighted by molar-refractivity contribution is -0.137. The van der Waals surface area contributed by atoms with Gasteiger partial charge in [0.1, 0.15) is 29.4 Å². The minimum absolute atomic E-state index is 0.0656. The summed E-state index contributed by atoms with van der Waals surface area (Å²) in [5.74, 6) is -0.0795. The third kappa shape index (κ3) is 6.06. The van der Waals surface area contributed by atoms with Crippen LogP contribution in [0.2, 0.25) is 0 Å². The molecule has 0 saturated heterocycles. The van der Waals surface area contributed by atoms with E-state index in [1.165, 1.54) is 19.3 Å². The number of benzene rings is 1. The molecule has 2 aromatic heterocycles. The molecule has 2 saturated carbocycles. The molecule has 214 valence electrons. The van der Waals surface area contributed by atoms with Crippen molar-refractivity contribution in [2.24, 2.45) is 5.92 Å². The molecule has 0 bridgehead atoms. The Hall–Kier alpha value is -3.67. The molecule has 2 aliphatic carbocycles. The standard InChI is InChI=1S/C28H32F3N5O4/c1-14-22(27(39)36-19-8-6-18(7-9-19)35-26(38)15(2)37)24-25(34-14)23(32-13-33-24)20-11-17(28(29,30)31)5-10-21(20)40-12-16-3-4-16/h5,10-11,13,15-16,18-19,34,37H,3-4,6-9,12H2,1-2H3,(H,35,38)(H,36,39)/t15-,18?,19?/m0/s1. The molecule has 2 aliphatic rings. The van der Waals surface area contributed by atoms with Crippen LogP contribution >= 0.6 is 0 Å². The van der Waals surface area contributed by atoms with Crippen molar-refractivity contribution in [3.8, 4) is 17.0 Å². The molecule has 2 amide bonds. The molecule has 9 nitrogen and oxygen atoms in total. The fourth-order valence-electron chi connectivity index (χ4n) is 5.07. The molecule has 12 heteroatoms. The van der Waals surface area contributed by atoms with Crippen LogP contribution in [0.15, 0.2) is 24.5 Å². The van der Waals surface area contributed by atoms with Gasteiger partial charge in [0, 0.05) is 23.3 Å². The number of ether oxygens (including phenoxy) is 1. The van der Waals surface area contributed by atoms with Gasteiger partial charge in [0.15, 0.2) is 0 Å². The minimum atomic E-state index is -4.55. The largest absolute Gasteiger partial charge is 0.493 e. The van der Waals surface area contributed by atoms with Gasteiger partial charge in [0.25, 0.3) is 5.91 Å². The number of hydrogen-bond donors (Lipinski definition) is 4. The van der Waals surface area contributed by atoms with Gasteiger partial charge in [0.2, 0.25) is 5.91 Å². The highest BCUT2D eigenvalue weighted by atomic mass is 19.4. The predicted molar refractivity (Wildman–Crippen MR) is 141 cm³/mol. The number of carbonyl (C=O) groups excluding carboxylic acids is 2. The molecule has 1 atom stereocenters. The van der Waals surface area contributed by atoms with Crippen molar-refractivity contribution >= 4 is 22.8 Å². The summed E-state index contributed by atoms with van der Waals surface area (Å²) in [6.07, 6.45) is 0.261. The zero-order valence-corrected chi connectivity index (χ0v) is 22.3. The van der Waals surface area contributed by atoms with Gasteiger partial charge in [-0.3, -0.25) is 9.59 Å². The Bertz CT molecular complexity index is 1410. The molecule has 5 rings (SSSR count). The van der Waals surface area contributed by atoms with Crippen LogP contribution in [0.1, 0.15) is 67.1 Å². The van der Waals surface area contributed by atoms with Gasteiger partial charge in [-0.05, 0) is 76.5 Å². The molecular weight excluding hydrogens is 527 g/mol. The highest BCUT2D eigenvalue weighted by Crippen LogP contribution is 2.40. The summed E-state index contributed by atoms with van der Waals surface area (Å²) in [6, 6.07) is 3.15. The molecule has 2 fully saturated rings. The van der Waals surface area contributed by atoms with E-state index in [0.29, 0.717) is 60.5 Å².